The van der Waals surface area contributed by atoms with Gasteiger partial charge in [-0.05, 0) is 12.5 Å². The van der Waals surface area contributed by atoms with Crippen LogP contribution in [0.2, 0.25) is 0 Å². The van der Waals surface area contributed by atoms with Gasteiger partial charge >= 0.3 is 0 Å². The maximum absolute atomic E-state index is 11.5. The number of nitro groups is 1. The predicted octanol–water partition coefficient (Wildman–Crippen LogP) is 1.37. The second-order valence-electron chi connectivity index (χ2n) is 4.21. The van der Waals surface area contributed by atoms with E-state index in [0.29, 0.717) is 18.5 Å². The normalized spacial score (nSPS) is 9.90. The van der Waals surface area contributed by atoms with Crippen molar-refractivity contribution >= 4 is 23.6 Å². The Morgan fingerprint density at radius 2 is 2.20 bits per heavy atom. The van der Waals surface area contributed by atoms with Gasteiger partial charge in [-0.3, -0.25) is 19.7 Å². The number of nitrogens with one attached hydrogen (secondary N) is 1. The van der Waals surface area contributed by atoms with Crippen LogP contribution in [0.5, 0.6) is 0 Å². The number of nitrogens with zero attached hydrogens (tertiary/aromatic N) is 2. The number of benzene rings is 1. The lowest BCUT2D eigenvalue weighted by Gasteiger charge is -2.24. The Labute approximate surface area is 116 Å². The summed E-state index contributed by atoms with van der Waals surface area (Å²) in [5.74, 6) is -0.186. The van der Waals surface area contributed by atoms with Gasteiger partial charge in [-0.1, -0.05) is 6.92 Å². The number of likely N-dealkylation sites (N-methyl/N-ethyl adjacent to an activating group) is 1. The average Bonchev–Trinajstić information content (AvgIpc) is 2.45. The summed E-state index contributed by atoms with van der Waals surface area (Å²) in [6, 6.07) is 4.05. The van der Waals surface area contributed by atoms with Crippen LogP contribution < -0.4 is 10.2 Å². The lowest BCUT2D eigenvalue weighted by molar-refractivity contribution is -0.384. The number of carbonyl (C=O) groups is 2. The van der Waals surface area contributed by atoms with Gasteiger partial charge in [0.1, 0.15) is 0 Å². The second kappa shape index (κ2) is 7.22. The van der Waals surface area contributed by atoms with Gasteiger partial charge in [0.2, 0.25) is 5.91 Å². The molecule has 1 amide bonds. The fourth-order valence-electron chi connectivity index (χ4n) is 1.84. The molecule has 0 fully saturated rings. The van der Waals surface area contributed by atoms with Gasteiger partial charge < -0.3 is 10.2 Å². The number of nitro benzene ring substituents is 1. The van der Waals surface area contributed by atoms with E-state index in [2.05, 4.69) is 5.32 Å². The number of carbonyl (C=O) groups excluding carboxylic acids is 2. The van der Waals surface area contributed by atoms with Crippen molar-refractivity contribution in [2.45, 2.75) is 13.3 Å². The molecule has 108 valence electrons. The highest BCUT2D eigenvalue weighted by Gasteiger charge is 2.16. The monoisotopic (exact) mass is 279 g/mol. The fourth-order valence-corrected chi connectivity index (χ4v) is 1.84. The Morgan fingerprint density at radius 1 is 1.50 bits per heavy atom. The molecular formula is C13H17N3O4. The summed E-state index contributed by atoms with van der Waals surface area (Å²) in [6.07, 6.45) is 1.35. The van der Waals surface area contributed by atoms with E-state index in [1.807, 2.05) is 6.92 Å². The van der Waals surface area contributed by atoms with E-state index < -0.39 is 4.92 Å². The van der Waals surface area contributed by atoms with E-state index in [0.717, 1.165) is 6.42 Å². The minimum absolute atomic E-state index is 0.100. The van der Waals surface area contributed by atoms with Crippen LogP contribution in [0.15, 0.2) is 18.2 Å². The number of anilines is 1. The Balaban J connectivity index is 3.15. The van der Waals surface area contributed by atoms with Gasteiger partial charge in [-0.2, -0.15) is 0 Å². The zero-order valence-electron chi connectivity index (χ0n) is 11.5. The summed E-state index contributed by atoms with van der Waals surface area (Å²) in [5.41, 5.74) is 0.583. The lowest BCUT2D eigenvalue weighted by atomic mass is 10.1. The third-order valence-corrected chi connectivity index (χ3v) is 2.80. The number of amides is 1. The van der Waals surface area contributed by atoms with E-state index in [1.54, 1.807) is 4.90 Å². The van der Waals surface area contributed by atoms with Crippen LogP contribution in [0.3, 0.4) is 0 Å². The molecule has 7 heteroatoms. The first-order valence-corrected chi connectivity index (χ1v) is 6.22. The summed E-state index contributed by atoms with van der Waals surface area (Å²) in [6.45, 7) is 2.62. The SMILES string of the molecule is CCCN(CC(=O)NC)c1ccc([N+](=O)[O-])cc1C=O. The molecule has 0 atom stereocenters. The minimum atomic E-state index is -0.556. The molecule has 0 aliphatic carbocycles. The molecule has 0 heterocycles. The summed E-state index contributed by atoms with van der Waals surface area (Å²) in [5, 5.41) is 13.2. The van der Waals surface area contributed by atoms with Crippen LogP contribution in [0.4, 0.5) is 11.4 Å². The molecule has 0 aromatic heterocycles. The molecule has 0 bridgehead atoms. The molecule has 1 rings (SSSR count). The molecule has 1 aromatic rings. The minimum Gasteiger partial charge on any atom is -0.362 e. The molecule has 0 unspecified atom stereocenters. The standard InChI is InChI=1S/C13H17N3O4/c1-3-6-15(8-13(18)14-2)12-5-4-11(16(19)20)7-10(12)9-17/h4-5,7,9H,3,6,8H2,1-2H3,(H,14,18). The van der Waals surface area contributed by atoms with Crippen molar-refractivity contribution < 1.29 is 14.5 Å². The molecule has 0 aliphatic rings. The predicted molar refractivity (Wildman–Crippen MR) is 75.1 cm³/mol. The fraction of sp³-hybridized carbons (Fsp3) is 0.385. The zero-order valence-corrected chi connectivity index (χ0v) is 11.5. The molecule has 1 N–H and O–H groups in total. The largest absolute Gasteiger partial charge is 0.362 e. The Kier molecular flexibility index (Phi) is 5.64. The third kappa shape index (κ3) is 3.78. The van der Waals surface area contributed by atoms with Crippen LogP contribution >= 0.6 is 0 Å². The smallest absolute Gasteiger partial charge is 0.270 e. The van der Waals surface area contributed by atoms with Gasteiger partial charge in [0.15, 0.2) is 6.29 Å². The first-order chi connectivity index (χ1) is 9.53. The van der Waals surface area contributed by atoms with Crippen LogP contribution in [-0.4, -0.2) is 37.3 Å². The van der Waals surface area contributed by atoms with E-state index in [9.17, 15) is 19.7 Å². The zero-order chi connectivity index (χ0) is 15.1. The van der Waals surface area contributed by atoms with Gasteiger partial charge in [0.05, 0.1) is 11.5 Å². The molecule has 7 nitrogen and oxygen atoms in total. The first kappa shape index (κ1) is 15.6. The topological polar surface area (TPSA) is 92.6 Å². The maximum Gasteiger partial charge on any atom is 0.270 e. The third-order valence-electron chi connectivity index (χ3n) is 2.80. The van der Waals surface area contributed by atoms with Crippen LogP contribution in [-0.2, 0) is 4.79 Å². The average molecular weight is 279 g/mol. The van der Waals surface area contributed by atoms with Crippen molar-refractivity contribution in [2.75, 3.05) is 25.0 Å². The van der Waals surface area contributed by atoms with Gasteiger partial charge in [-0.15, -0.1) is 0 Å². The van der Waals surface area contributed by atoms with Gasteiger partial charge in [0, 0.05) is 37.0 Å². The summed E-state index contributed by atoms with van der Waals surface area (Å²) in [7, 11) is 1.53. The summed E-state index contributed by atoms with van der Waals surface area (Å²) < 4.78 is 0. The lowest BCUT2D eigenvalue weighted by Crippen LogP contribution is -2.36. The van der Waals surface area contributed by atoms with Gasteiger partial charge in [0.25, 0.3) is 5.69 Å². The quantitative estimate of drug-likeness (QED) is 0.462. The number of non-ortho nitro benzene ring substituents is 1. The molecule has 0 spiro atoms. The number of rotatable bonds is 7. The Morgan fingerprint density at radius 3 is 2.70 bits per heavy atom. The van der Waals surface area contributed by atoms with E-state index in [4.69, 9.17) is 0 Å². The first-order valence-electron chi connectivity index (χ1n) is 6.22. The molecular weight excluding hydrogens is 262 g/mol. The number of hydrogen-bond acceptors (Lipinski definition) is 5. The molecule has 20 heavy (non-hydrogen) atoms. The highest BCUT2D eigenvalue weighted by Crippen LogP contribution is 2.24. The van der Waals surface area contributed by atoms with Crippen molar-refractivity contribution in [3.8, 4) is 0 Å². The van der Waals surface area contributed by atoms with E-state index >= 15 is 0 Å². The molecule has 0 radical (unpaired) electrons. The summed E-state index contributed by atoms with van der Waals surface area (Å²) in [4.78, 5) is 34.5. The van der Waals surface area contributed by atoms with Crippen molar-refractivity contribution in [1.29, 1.82) is 0 Å². The number of aldehydes is 1. The highest BCUT2D eigenvalue weighted by atomic mass is 16.6. The van der Waals surface area contributed by atoms with Crippen LogP contribution in [0.25, 0.3) is 0 Å². The molecule has 1 aromatic carbocycles. The van der Waals surface area contributed by atoms with E-state index in [1.165, 1.54) is 25.2 Å². The molecule has 0 aliphatic heterocycles. The number of hydrogen-bond donors (Lipinski definition) is 1. The Bertz CT molecular complexity index is 516. The van der Waals surface area contributed by atoms with Crippen molar-refractivity contribution in [3.05, 3.63) is 33.9 Å². The van der Waals surface area contributed by atoms with Crippen LogP contribution in [0.1, 0.15) is 23.7 Å². The van der Waals surface area contributed by atoms with Gasteiger partial charge in [-0.25, -0.2) is 0 Å². The van der Waals surface area contributed by atoms with E-state index in [-0.39, 0.29) is 23.7 Å². The van der Waals surface area contributed by atoms with Crippen molar-refractivity contribution in [2.24, 2.45) is 0 Å². The van der Waals surface area contributed by atoms with Crippen molar-refractivity contribution in [1.82, 2.24) is 5.32 Å². The molecule has 0 saturated heterocycles. The van der Waals surface area contributed by atoms with Crippen molar-refractivity contribution in [3.63, 3.8) is 0 Å². The van der Waals surface area contributed by atoms with Crippen LogP contribution in [0, 0.1) is 10.1 Å². The second-order valence-corrected chi connectivity index (χ2v) is 4.21. The summed E-state index contributed by atoms with van der Waals surface area (Å²) >= 11 is 0. The maximum atomic E-state index is 11.5. The highest BCUT2D eigenvalue weighted by molar-refractivity contribution is 5.88. The molecule has 0 saturated carbocycles. The Hall–Kier alpha value is -2.44.